The highest BCUT2D eigenvalue weighted by molar-refractivity contribution is 5.47. The molecule has 2 saturated heterocycles. The van der Waals surface area contributed by atoms with Crippen molar-refractivity contribution in [2.24, 2.45) is 0 Å². The van der Waals surface area contributed by atoms with Crippen molar-refractivity contribution in [3.63, 3.8) is 0 Å². The van der Waals surface area contributed by atoms with E-state index in [9.17, 15) is 9.50 Å². The lowest BCUT2D eigenvalue weighted by molar-refractivity contribution is 0.260. The Morgan fingerprint density at radius 1 is 1.32 bits per heavy atom. The molecule has 0 aliphatic carbocycles. The number of aliphatic hydroxyl groups excluding tert-OH is 1. The molecule has 2 aliphatic heterocycles. The summed E-state index contributed by atoms with van der Waals surface area (Å²) >= 11 is 0. The summed E-state index contributed by atoms with van der Waals surface area (Å²) in [5.41, 5.74) is 0.585. The van der Waals surface area contributed by atoms with Gasteiger partial charge in [-0.15, -0.1) is 0 Å². The van der Waals surface area contributed by atoms with Gasteiger partial charge in [0.25, 0.3) is 0 Å². The minimum absolute atomic E-state index is 0.162. The van der Waals surface area contributed by atoms with Crippen LogP contribution in [0.5, 0.6) is 0 Å². The van der Waals surface area contributed by atoms with Crippen molar-refractivity contribution in [3.05, 3.63) is 23.6 Å². The zero-order valence-electron chi connectivity index (χ0n) is 11.1. The quantitative estimate of drug-likeness (QED) is 0.896. The highest BCUT2D eigenvalue weighted by atomic mass is 19.1. The Bertz CT molecular complexity index is 448. The van der Waals surface area contributed by atoms with Gasteiger partial charge >= 0.3 is 0 Å². The lowest BCUT2D eigenvalue weighted by Gasteiger charge is -2.24. The molecule has 19 heavy (non-hydrogen) atoms. The molecular formula is C14H20FN3O. The van der Waals surface area contributed by atoms with Gasteiger partial charge in [-0.2, -0.15) is 0 Å². The van der Waals surface area contributed by atoms with Crippen molar-refractivity contribution < 1.29 is 9.50 Å². The van der Waals surface area contributed by atoms with Crippen LogP contribution in [0.2, 0.25) is 0 Å². The number of halogens is 1. The highest BCUT2D eigenvalue weighted by Gasteiger charge is 2.30. The Labute approximate surface area is 112 Å². The van der Waals surface area contributed by atoms with Gasteiger partial charge in [0.15, 0.2) is 0 Å². The Balaban J connectivity index is 1.73. The first-order valence-electron chi connectivity index (χ1n) is 7.02. The van der Waals surface area contributed by atoms with E-state index in [1.807, 2.05) is 0 Å². The number of pyridine rings is 1. The van der Waals surface area contributed by atoms with E-state index in [0.717, 1.165) is 25.3 Å². The molecule has 1 N–H and O–H groups in total. The topological polar surface area (TPSA) is 39.6 Å². The summed E-state index contributed by atoms with van der Waals surface area (Å²) in [6.07, 6.45) is 4.96. The maximum atomic E-state index is 13.1. The zero-order valence-corrected chi connectivity index (χ0v) is 11.1. The van der Waals surface area contributed by atoms with Crippen LogP contribution in [0.1, 0.15) is 24.8 Å². The first kappa shape index (κ1) is 12.8. The largest absolute Gasteiger partial charge is 0.392 e. The molecule has 0 amide bonds. The van der Waals surface area contributed by atoms with Crippen LogP contribution < -0.4 is 4.90 Å². The molecule has 3 rings (SSSR count). The van der Waals surface area contributed by atoms with Gasteiger partial charge in [-0.25, -0.2) is 9.37 Å². The normalized spacial score (nSPS) is 24.3. The number of rotatable bonds is 3. The fourth-order valence-electron chi connectivity index (χ4n) is 3.21. The molecule has 0 aromatic carbocycles. The second-order valence-electron chi connectivity index (χ2n) is 5.43. The van der Waals surface area contributed by atoms with Crippen LogP contribution >= 0.6 is 0 Å². The first-order valence-corrected chi connectivity index (χ1v) is 7.02. The third-order valence-electron chi connectivity index (χ3n) is 4.20. The van der Waals surface area contributed by atoms with Gasteiger partial charge in [-0.3, -0.25) is 4.90 Å². The summed E-state index contributed by atoms with van der Waals surface area (Å²) in [4.78, 5) is 8.88. The molecule has 5 heteroatoms. The molecule has 0 radical (unpaired) electrons. The Morgan fingerprint density at radius 3 is 2.84 bits per heavy atom. The van der Waals surface area contributed by atoms with Crippen molar-refractivity contribution in [3.8, 4) is 0 Å². The monoisotopic (exact) mass is 265 g/mol. The predicted molar refractivity (Wildman–Crippen MR) is 71.5 cm³/mol. The van der Waals surface area contributed by atoms with Crippen LogP contribution in [-0.4, -0.2) is 47.2 Å². The smallest absolute Gasteiger partial charge is 0.142 e. The SMILES string of the molecule is OCc1cc(F)cnc1N1CCC(N2CCCC2)C1. The number of anilines is 1. The third kappa shape index (κ3) is 2.58. The minimum atomic E-state index is -0.386. The van der Waals surface area contributed by atoms with Crippen LogP contribution in [0.25, 0.3) is 0 Å². The average Bonchev–Trinajstić information content (AvgIpc) is 3.09. The van der Waals surface area contributed by atoms with Crippen LogP contribution in [-0.2, 0) is 6.61 Å². The maximum Gasteiger partial charge on any atom is 0.142 e. The van der Waals surface area contributed by atoms with Gasteiger partial charge in [0.05, 0.1) is 12.8 Å². The maximum absolute atomic E-state index is 13.1. The van der Waals surface area contributed by atoms with Crippen LogP contribution in [0.3, 0.4) is 0 Å². The van der Waals surface area contributed by atoms with E-state index in [4.69, 9.17) is 0 Å². The number of nitrogens with zero attached hydrogens (tertiary/aromatic N) is 3. The van der Waals surface area contributed by atoms with Crippen molar-refractivity contribution in [1.29, 1.82) is 0 Å². The number of aromatic nitrogens is 1. The first-order chi connectivity index (χ1) is 9.28. The molecule has 1 unspecified atom stereocenters. The summed E-state index contributed by atoms with van der Waals surface area (Å²) in [5, 5.41) is 9.34. The van der Waals surface area contributed by atoms with Crippen molar-refractivity contribution in [2.45, 2.75) is 31.9 Å². The van der Waals surface area contributed by atoms with Gasteiger partial charge in [0.2, 0.25) is 0 Å². The molecule has 1 aromatic rings. The standard InChI is InChI=1S/C14H20FN3O/c15-12-7-11(10-19)14(16-8-12)18-6-3-13(9-18)17-4-1-2-5-17/h7-8,13,19H,1-6,9-10H2. The lowest BCUT2D eigenvalue weighted by Crippen LogP contribution is -2.35. The number of hydrogen-bond donors (Lipinski definition) is 1. The van der Waals surface area contributed by atoms with Crippen molar-refractivity contribution in [2.75, 3.05) is 31.1 Å². The summed E-state index contributed by atoms with van der Waals surface area (Å²) < 4.78 is 13.1. The summed E-state index contributed by atoms with van der Waals surface area (Å²) in [6, 6.07) is 1.96. The van der Waals surface area contributed by atoms with E-state index >= 15 is 0 Å². The van der Waals surface area contributed by atoms with Gasteiger partial charge in [0, 0.05) is 24.7 Å². The molecule has 2 fully saturated rings. The summed E-state index contributed by atoms with van der Waals surface area (Å²) in [6.45, 7) is 4.10. The molecule has 104 valence electrons. The van der Waals surface area contributed by atoms with Gasteiger partial charge in [-0.1, -0.05) is 0 Å². The van der Waals surface area contributed by atoms with Gasteiger partial charge < -0.3 is 10.0 Å². The molecular weight excluding hydrogens is 245 g/mol. The molecule has 0 spiro atoms. The molecule has 2 aliphatic rings. The van der Waals surface area contributed by atoms with Gasteiger partial charge in [-0.05, 0) is 38.4 Å². The Hall–Kier alpha value is -1.20. The molecule has 1 aromatic heterocycles. The van der Waals surface area contributed by atoms with E-state index in [0.29, 0.717) is 11.6 Å². The minimum Gasteiger partial charge on any atom is -0.392 e. The number of aliphatic hydroxyl groups is 1. The van der Waals surface area contributed by atoms with Crippen LogP contribution in [0.15, 0.2) is 12.3 Å². The molecule has 0 bridgehead atoms. The summed E-state index contributed by atoms with van der Waals surface area (Å²) in [7, 11) is 0. The second kappa shape index (κ2) is 5.43. The predicted octanol–water partition coefficient (Wildman–Crippen LogP) is 1.39. The third-order valence-corrected chi connectivity index (χ3v) is 4.20. The number of hydrogen-bond acceptors (Lipinski definition) is 4. The van der Waals surface area contributed by atoms with E-state index < -0.39 is 0 Å². The van der Waals surface area contributed by atoms with Crippen molar-refractivity contribution in [1.82, 2.24) is 9.88 Å². The molecule has 1 atom stereocenters. The Morgan fingerprint density at radius 2 is 2.11 bits per heavy atom. The van der Waals surface area contributed by atoms with E-state index in [-0.39, 0.29) is 12.4 Å². The lowest BCUT2D eigenvalue weighted by atomic mass is 10.2. The van der Waals surface area contributed by atoms with Crippen LogP contribution in [0.4, 0.5) is 10.2 Å². The molecule has 0 saturated carbocycles. The Kier molecular flexibility index (Phi) is 3.66. The fraction of sp³-hybridized carbons (Fsp3) is 0.643. The van der Waals surface area contributed by atoms with E-state index in [1.54, 1.807) is 0 Å². The number of likely N-dealkylation sites (tertiary alicyclic amines) is 1. The zero-order chi connectivity index (χ0) is 13.2. The second-order valence-corrected chi connectivity index (χ2v) is 5.43. The molecule has 3 heterocycles. The van der Waals surface area contributed by atoms with E-state index in [2.05, 4.69) is 14.8 Å². The van der Waals surface area contributed by atoms with Gasteiger partial charge in [0.1, 0.15) is 11.6 Å². The summed E-state index contributed by atoms with van der Waals surface area (Å²) in [5.74, 6) is 0.355. The fourth-order valence-corrected chi connectivity index (χ4v) is 3.21. The van der Waals surface area contributed by atoms with E-state index in [1.165, 1.54) is 38.2 Å². The van der Waals surface area contributed by atoms with Crippen LogP contribution in [0, 0.1) is 5.82 Å². The van der Waals surface area contributed by atoms with Crippen molar-refractivity contribution >= 4 is 5.82 Å². The molecule has 4 nitrogen and oxygen atoms in total. The highest BCUT2D eigenvalue weighted by Crippen LogP contribution is 2.26. The average molecular weight is 265 g/mol.